The lowest BCUT2D eigenvalue weighted by Gasteiger charge is -2.28. The number of likely N-dealkylation sites (tertiary alicyclic amines) is 1. The topological polar surface area (TPSA) is 76.3 Å². The van der Waals surface area contributed by atoms with Gasteiger partial charge in [-0.05, 0) is 19.4 Å². The van der Waals surface area contributed by atoms with Gasteiger partial charge < -0.3 is 14.4 Å². The molecule has 0 spiro atoms. The van der Waals surface area contributed by atoms with E-state index in [4.69, 9.17) is 0 Å². The van der Waals surface area contributed by atoms with E-state index in [1.165, 1.54) is 0 Å². The number of para-hydroxylation sites is 1. The van der Waals surface area contributed by atoms with Crippen LogP contribution in [0.5, 0.6) is 0 Å². The molecule has 1 aromatic carbocycles. The number of aromatic nitrogens is 4. The second-order valence-corrected chi connectivity index (χ2v) is 7.56. The van der Waals surface area contributed by atoms with Gasteiger partial charge in [0.05, 0.1) is 11.6 Å². The van der Waals surface area contributed by atoms with Gasteiger partial charge in [-0.15, -0.1) is 0 Å². The Hall–Kier alpha value is -3.16. The molecule has 0 N–H and O–H groups in total. The maximum atomic E-state index is 13.1. The Morgan fingerprint density at radius 3 is 2.79 bits per heavy atom. The monoisotopic (exact) mass is 394 g/mol. The Bertz CT molecular complexity index is 1050. The van der Waals surface area contributed by atoms with E-state index in [9.17, 15) is 9.59 Å². The molecule has 0 aliphatic carbocycles. The molecular formula is C21H26N6O2. The van der Waals surface area contributed by atoms with Crippen LogP contribution >= 0.6 is 0 Å². The number of aryl methyl sites for hydroxylation is 2. The third kappa shape index (κ3) is 3.62. The second-order valence-electron chi connectivity index (χ2n) is 7.56. The van der Waals surface area contributed by atoms with Crippen LogP contribution in [0.1, 0.15) is 29.7 Å². The lowest BCUT2D eigenvalue weighted by molar-refractivity contribution is -0.131. The SMILES string of the molecule is CC(=O)N(CCn1ccnc1C)C1CCN(C(=O)c2nn(C)c3ccccc23)C1. The Morgan fingerprint density at radius 1 is 1.28 bits per heavy atom. The van der Waals surface area contributed by atoms with Gasteiger partial charge in [0.1, 0.15) is 5.82 Å². The average molecular weight is 394 g/mol. The summed E-state index contributed by atoms with van der Waals surface area (Å²) in [4.78, 5) is 33.3. The van der Waals surface area contributed by atoms with Crippen molar-refractivity contribution in [2.24, 2.45) is 7.05 Å². The van der Waals surface area contributed by atoms with Crippen molar-refractivity contribution in [1.29, 1.82) is 0 Å². The lowest BCUT2D eigenvalue weighted by atomic mass is 10.2. The zero-order chi connectivity index (χ0) is 20.5. The van der Waals surface area contributed by atoms with Crippen molar-refractivity contribution < 1.29 is 9.59 Å². The molecule has 1 atom stereocenters. The summed E-state index contributed by atoms with van der Waals surface area (Å²) in [5.41, 5.74) is 1.42. The van der Waals surface area contributed by atoms with E-state index in [1.807, 2.05) is 58.8 Å². The van der Waals surface area contributed by atoms with Gasteiger partial charge in [-0.25, -0.2) is 4.98 Å². The van der Waals surface area contributed by atoms with Gasteiger partial charge in [0.2, 0.25) is 5.91 Å². The maximum Gasteiger partial charge on any atom is 0.275 e. The highest BCUT2D eigenvalue weighted by Gasteiger charge is 2.33. The third-order valence-corrected chi connectivity index (χ3v) is 5.76. The normalized spacial score (nSPS) is 16.5. The molecule has 0 saturated carbocycles. The highest BCUT2D eigenvalue weighted by Crippen LogP contribution is 2.23. The van der Waals surface area contributed by atoms with Crippen molar-refractivity contribution >= 4 is 22.7 Å². The Kier molecular flexibility index (Phi) is 5.08. The fourth-order valence-electron chi connectivity index (χ4n) is 4.15. The van der Waals surface area contributed by atoms with Crippen LogP contribution < -0.4 is 0 Å². The van der Waals surface area contributed by atoms with Crippen LogP contribution in [0.4, 0.5) is 0 Å². The molecule has 0 bridgehead atoms. The van der Waals surface area contributed by atoms with E-state index in [0.29, 0.717) is 31.9 Å². The van der Waals surface area contributed by atoms with Gasteiger partial charge >= 0.3 is 0 Å². The number of nitrogens with zero attached hydrogens (tertiary/aromatic N) is 6. The van der Waals surface area contributed by atoms with Crippen molar-refractivity contribution in [2.75, 3.05) is 19.6 Å². The molecule has 1 saturated heterocycles. The molecule has 1 aliphatic heterocycles. The number of hydrogen-bond acceptors (Lipinski definition) is 4. The third-order valence-electron chi connectivity index (χ3n) is 5.76. The zero-order valence-electron chi connectivity index (χ0n) is 17.1. The van der Waals surface area contributed by atoms with Crippen LogP contribution in [0.25, 0.3) is 10.9 Å². The van der Waals surface area contributed by atoms with Gasteiger partial charge in [0.25, 0.3) is 5.91 Å². The Labute approximate surface area is 169 Å². The number of fused-ring (bicyclic) bond motifs is 1. The molecule has 2 amide bonds. The van der Waals surface area contributed by atoms with E-state index in [0.717, 1.165) is 23.1 Å². The van der Waals surface area contributed by atoms with Crippen molar-refractivity contribution in [1.82, 2.24) is 29.1 Å². The summed E-state index contributed by atoms with van der Waals surface area (Å²) >= 11 is 0. The predicted octanol–water partition coefficient (Wildman–Crippen LogP) is 1.84. The van der Waals surface area contributed by atoms with E-state index in [2.05, 4.69) is 10.1 Å². The fraction of sp³-hybridized carbons (Fsp3) is 0.429. The first-order valence-corrected chi connectivity index (χ1v) is 9.91. The number of carbonyl (C=O) groups excluding carboxylic acids is 2. The molecule has 1 unspecified atom stereocenters. The van der Waals surface area contributed by atoms with E-state index < -0.39 is 0 Å². The fourth-order valence-corrected chi connectivity index (χ4v) is 4.15. The van der Waals surface area contributed by atoms with Crippen molar-refractivity contribution in [3.8, 4) is 0 Å². The number of benzene rings is 1. The molecule has 3 aromatic rings. The number of rotatable bonds is 5. The summed E-state index contributed by atoms with van der Waals surface area (Å²) < 4.78 is 3.78. The van der Waals surface area contributed by atoms with Gasteiger partial charge in [0, 0.05) is 57.9 Å². The summed E-state index contributed by atoms with van der Waals surface area (Å²) in [7, 11) is 1.85. The van der Waals surface area contributed by atoms with Gasteiger partial charge in [-0.2, -0.15) is 5.10 Å². The predicted molar refractivity (Wildman–Crippen MR) is 109 cm³/mol. The van der Waals surface area contributed by atoms with Gasteiger partial charge in [0.15, 0.2) is 5.69 Å². The summed E-state index contributed by atoms with van der Waals surface area (Å²) in [6, 6.07) is 7.77. The van der Waals surface area contributed by atoms with Crippen molar-refractivity contribution in [3.05, 3.63) is 48.2 Å². The molecule has 8 nitrogen and oxygen atoms in total. The minimum absolute atomic E-state index is 0.0234. The molecular weight excluding hydrogens is 368 g/mol. The van der Waals surface area contributed by atoms with Crippen LogP contribution in [0, 0.1) is 6.92 Å². The number of amides is 2. The highest BCUT2D eigenvalue weighted by molar-refractivity contribution is 6.05. The summed E-state index contributed by atoms with van der Waals surface area (Å²) in [6.45, 7) is 6.00. The first-order valence-electron chi connectivity index (χ1n) is 9.91. The first kappa shape index (κ1) is 19.2. The highest BCUT2D eigenvalue weighted by atomic mass is 16.2. The molecule has 8 heteroatoms. The molecule has 0 radical (unpaired) electrons. The summed E-state index contributed by atoms with van der Waals surface area (Å²) in [5, 5.41) is 5.32. The minimum Gasteiger partial charge on any atom is -0.336 e. The van der Waals surface area contributed by atoms with Crippen molar-refractivity contribution in [2.45, 2.75) is 32.9 Å². The first-order chi connectivity index (χ1) is 14.0. The van der Waals surface area contributed by atoms with E-state index >= 15 is 0 Å². The number of carbonyl (C=O) groups is 2. The standard InChI is InChI=1S/C21H26N6O2/c1-15-22-9-11-25(15)12-13-27(16(2)28)17-8-10-26(14-17)21(29)20-18-6-4-5-7-19(18)24(3)23-20/h4-7,9,11,17H,8,10,12-14H2,1-3H3. The molecule has 2 aromatic heterocycles. The maximum absolute atomic E-state index is 13.1. The number of hydrogen-bond donors (Lipinski definition) is 0. The quantitative estimate of drug-likeness (QED) is 0.662. The summed E-state index contributed by atoms with van der Waals surface area (Å²) in [5.74, 6) is 0.891. The Morgan fingerprint density at radius 2 is 2.07 bits per heavy atom. The smallest absolute Gasteiger partial charge is 0.275 e. The van der Waals surface area contributed by atoms with Crippen molar-refractivity contribution in [3.63, 3.8) is 0 Å². The van der Waals surface area contributed by atoms with Crippen LogP contribution in [-0.2, 0) is 18.4 Å². The van der Waals surface area contributed by atoms with Crippen LogP contribution in [-0.4, -0.2) is 66.6 Å². The lowest BCUT2D eigenvalue weighted by Crippen LogP contribution is -2.43. The van der Waals surface area contributed by atoms with Gasteiger partial charge in [-0.3, -0.25) is 14.3 Å². The van der Waals surface area contributed by atoms with Crippen LogP contribution in [0.3, 0.4) is 0 Å². The summed E-state index contributed by atoms with van der Waals surface area (Å²) in [6.07, 6.45) is 4.46. The average Bonchev–Trinajstić information content (AvgIpc) is 3.42. The molecule has 1 fully saturated rings. The second kappa shape index (κ2) is 7.69. The molecule has 4 rings (SSSR count). The molecule has 3 heterocycles. The van der Waals surface area contributed by atoms with E-state index in [-0.39, 0.29) is 17.9 Å². The van der Waals surface area contributed by atoms with Crippen LogP contribution in [0.2, 0.25) is 0 Å². The largest absolute Gasteiger partial charge is 0.336 e. The number of imidazole rings is 1. The van der Waals surface area contributed by atoms with Crippen LogP contribution in [0.15, 0.2) is 36.7 Å². The molecule has 1 aliphatic rings. The molecule has 152 valence electrons. The molecule has 29 heavy (non-hydrogen) atoms. The zero-order valence-corrected chi connectivity index (χ0v) is 17.1. The van der Waals surface area contributed by atoms with E-state index in [1.54, 1.807) is 17.8 Å². The van der Waals surface area contributed by atoms with Gasteiger partial charge in [-0.1, -0.05) is 18.2 Å². The minimum atomic E-state index is -0.0711. The Balaban J connectivity index is 1.47.